The SMILES string of the molecule is c1ccc(-c2nc(-c3ccccc3)nc(-n3c4ccccc4c4cc5c(cc43)c3ccccc3n5-c3cccc4c3sc3ccccc34)n2)cc1. The first-order chi connectivity index (χ1) is 25.3. The van der Waals surface area contributed by atoms with Crippen molar-refractivity contribution in [3.8, 4) is 34.4 Å². The Hall–Kier alpha value is -6.63. The van der Waals surface area contributed by atoms with Crippen molar-refractivity contribution in [3.05, 3.63) is 164 Å². The maximum atomic E-state index is 5.16. The summed E-state index contributed by atoms with van der Waals surface area (Å²) in [5.41, 5.74) is 7.53. The lowest BCUT2D eigenvalue weighted by molar-refractivity contribution is 0.954. The largest absolute Gasteiger partial charge is 0.308 e. The first-order valence-electron chi connectivity index (χ1n) is 17.0. The maximum absolute atomic E-state index is 5.16. The van der Waals surface area contributed by atoms with Gasteiger partial charge in [-0.15, -0.1) is 11.3 Å². The molecule has 0 atom stereocenters. The van der Waals surface area contributed by atoms with Gasteiger partial charge in [0.25, 0.3) is 0 Å². The molecule has 51 heavy (non-hydrogen) atoms. The summed E-state index contributed by atoms with van der Waals surface area (Å²) in [4.78, 5) is 15.3. The van der Waals surface area contributed by atoms with Gasteiger partial charge in [0.2, 0.25) is 5.95 Å². The molecule has 0 fully saturated rings. The van der Waals surface area contributed by atoms with Crippen LogP contribution < -0.4 is 0 Å². The van der Waals surface area contributed by atoms with Crippen LogP contribution in [0.25, 0.3) is 98.2 Å². The van der Waals surface area contributed by atoms with Gasteiger partial charge >= 0.3 is 0 Å². The molecule has 0 spiro atoms. The zero-order valence-electron chi connectivity index (χ0n) is 27.2. The third-order valence-electron chi connectivity index (χ3n) is 9.98. The summed E-state index contributed by atoms with van der Waals surface area (Å²) in [7, 11) is 0. The van der Waals surface area contributed by atoms with E-state index in [1.165, 1.54) is 47.7 Å². The van der Waals surface area contributed by atoms with Gasteiger partial charge in [0.1, 0.15) is 0 Å². The molecule has 0 N–H and O–H groups in total. The Bertz CT molecular complexity index is 3080. The number of thiophene rings is 1. The van der Waals surface area contributed by atoms with Crippen molar-refractivity contribution in [1.82, 2.24) is 24.1 Å². The molecule has 4 heterocycles. The van der Waals surface area contributed by atoms with E-state index in [-0.39, 0.29) is 0 Å². The van der Waals surface area contributed by atoms with E-state index in [2.05, 4.69) is 137 Å². The second kappa shape index (κ2) is 10.9. The molecule has 0 aliphatic carbocycles. The third kappa shape index (κ3) is 4.24. The first kappa shape index (κ1) is 28.2. The minimum atomic E-state index is 0.590. The van der Waals surface area contributed by atoms with Gasteiger partial charge in [-0.05, 0) is 36.4 Å². The second-order valence-corrected chi connectivity index (χ2v) is 13.9. The van der Waals surface area contributed by atoms with Gasteiger partial charge in [0.15, 0.2) is 11.6 Å². The van der Waals surface area contributed by atoms with Gasteiger partial charge in [-0.2, -0.15) is 9.97 Å². The summed E-state index contributed by atoms with van der Waals surface area (Å²) in [5.74, 6) is 1.87. The lowest BCUT2D eigenvalue weighted by Crippen LogP contribution is -2.06. The number of benzene rings is 7. The summed E-state index contributed by atoms with van der Waals surface area (Å²) in [6.07, 6.45) is 0. The van der Waals surface area contributed by atoms with Gasteiger partial charge < -0.3 is 4.57 Å². The summed E-state index contributed by atoms with van der Waals surface area (Å²) >= 11 is 1.86. The van der Waals surface area contributed by atoms with Crippen LogP contribution in [0.1, 0.15) is 0 Å². The Kier molecular flexibility index (Phi) is 6.05. The minimum absolute atomic E-state index is 0.590. The molecule has 0 amide bonds. The van der Waals surface area contributed by atoms with Gasteiger partial charge in [0, 0.05) is 48.1 Å². The molecular weight excluding hydrogens is 643 g/mol. The summed E-state index contributed by atoms with van der Waals surface area (Å²) in [6, 6.07) is 57.8. The highest BCUT2D eigenvalue weighted by Crippen LogP contribution is 2.43. The lowest BCUT2D eigenvalue weighted by atomic mass is 10.1. The molecule has 7 aromatic carbocycles. The summed E-state index contributed by atoms with van der Waals surface area (Å²) in [6.45, 7) is 0. The van der Waals surface area contributed by atoms with Crippen LogP contribution in [-0.4, -0.2) is 24.1 Å². The van der Waals surface area contributed by atoms with Crippen LogP contribution in [0.4, 0.5) is 0 Å². The van der Waals surface area contributed by atoms with E-state index in [9.17, 15) is 0 Å². The molecule has 5 nitrogen and oxygen atoms in total. The van der Waals surface area contributed by atoms with Crippen LogP contribution in [0, 0.1) is 0 Å². The maximum Gasteiger partial charge on any atom is 0.238 e. The Morgan fingerprint density at radius 2 is 0.882 bits per heavy atom. The average molecular weight is 670 g/mol. The Morgan fingerprint density at radius 1 is 0.373 bits per heavy atom. The molecule has 6 heteroatoms. The van der Waals surface area contributed by atoms with Crippen molar-refractivity contribution in [3.63, 3.8) is 0 Å². The molecule has 11 aromatic rings. The number of rotatable bonds is 4. The highest BCUT2D eigenvalue weighted by molar-refractivity contribution is 7.26. The average Bonchev–Trinajstić information content (AvgIpc) is 3.85. The fraction of sp³-hybridized carbons (Fsp3) is 0. The Balaban J connectivity index is 1.24. The number of hydrogen-bond acceptors (Lipinski definition) is 4. The summed E-state index contributed by atoms with van der Waals surface area (Å²) in [5, 5.41) is 7.27. The molecule has 11 rings (SSSR count). The molecule has 0 unspecified atom stereocenters. The molecule has 0 bridgehead atoms. The highest BCUT2D eigenvalue weighted by Gasteiger charge is 2.22. The minimum Gasteiger partial charge on any atom is -0.308 e. The van der Waals surface area contributed by atoms with Crippen molar-refractivity contribution in [2.75, 3.05) is 0 Å². The quantitative estimate of drug-likeness (QED) is 0.187. The standard InChI is InChI=1S/C45H27N5S/c1-3-14-28(15-4-1)43-46-44(29-16-5-2-6-17-29)48-45(47-43)50-37-23-11-8-19-31(37)35-26-39-34(27-40(35)50)30-18-7-10-22-36(30)49(39)38-24-13-21-33-32-20-9-12-25-41(32)51-42(33)38/h1-27H. The van der Waals surface area contributed by atoms with Crippen molar-refractivity contribution in [2.45, 2.75) is 0 Å². The van der Waals surface area contributed by atoms with Crippen molar-refractivity contribution in [1.29, 1.82) is 0 Å². The van der Waals surface area contributed by atoms with E-state index in [4.69, 9.17) is 15.0 Å². The predicted molar refractivity (Wildman–Crippen MR) is 212 cm³/mol. The zero-order valence-corrected chi connectivity index (χ0v) is 28.0. The van der Waals surface area contributed by atoms with Gasteiger partial charge in [0.05, 0.1) is 32.5 Å². The highest BCUT2D eigenvalue weighted by atomic mass is 32.1. The lowest BCUT2D eigenvalue weighted by Gasteiger charge is -2.11. The molecule has 0 radical (unpaired) electrons. The van der Waals surface area contributed by atoms with Crippen molar-refractivity contribution in [2.24, 2.45) is 0 Å². The molecule has 0 saturated heterocycles. The van der Waals surface area contributed by atoms with Crippen molar-refractivity contribution < 1.29 is 0 Å². The fourth-order valence-electron chi connectivity index (χ4n) is 7.71. The zero-order chi connectivity index (χ0) is 33.5. The van der Waals surface area contributed by atoms with E-state index in [1.807, 2.05) is 47.7 Å². The monoisotopic (exact) mass is 669 g/mol. The van der Waals surface area contributed by atoms with Crippen LogP contribution in [0.5, 0.6) is 0 Å². The Morgan fingerprint density at radius 3 is 1.53 bits per heavy atom. The van der Waals surface area contributed by atoms with Crippen LogP contribution in [0.2, 0.25) is 0 Å². The third-order valence-corrected chi connectivity index (χ3v) is 11.2. The number of fused-ring (bicyclic) bond motifs is 9. The van der Waals surface area contributed by atoms with Crippen LogP contribution in [0.3, 0.4) is 0 Å². The fourth-order valence-corrected chi connectivity index (χ4v) is 8.92. The number of aromatic nitrogens is 5. The molecule has 0 saturated carbocycles. The van der Waals surface area contributed by atoms with E-state index < -0.39 is 0 Å². The normalized spacial score (nSPS) is 11.9. The molecule has 0 aliphatic rings. The molecule has 4 aromatic heterocycles. The van der Waals surface area contributed by atoms with Gasteiger partial charge in [-0.25, -0.2) is 4.98 Å². The number of para-hydroxylation sites is 2. The van der Waals surface area contributed by atoms with E-state index in [0.717, 1.165) is 32.9 Å². The van der Waals surface area contributed by atoms with Gasteiger partial charge in [-0.3, -0.25) is 4.57 Å². The molecular formula is C45H27N5S. The molecule has 0 aliphatic heterocycles. The second-order valence-electron chi connectivity index (χ2n) is 12.9. The van der Waals surface area contributed by atoms with Crippen LogP contribution in [0.15, 0.2) is 164 Å². The number of nitrogens with zero attached hydrogens (tertiary/aromatic N) is 5. The first-order valence-corrected chi connectivity index (χ1v) is 17.9. The van der Waals surface area contributed by atoms with Gasteiger partial charge in [-0.1, -0.05) is 127 Å². The van der Waals surface area contributed by atoms with E-state index >= 15 is 0 Å². The van der Waals surface area contributed by atoms with E-state index in [0.29, 0.717) is 17.6 Å². The van der Waals surface area contributed by atoms with Crippen LogP contribution in [-0.2, 0) is 0 Å². The van der Waals surface area contributed by atoms with E-state index in [1.54, 1.807) is 0 Å². The molecule has 238 valence electrons. The van der Waals surface area contributed by atoms with Crippen molar-refractivity contribution >= 4 is 75.1 Å². The predicted octanol–water partition coefficient (Wildman–Crippen LogP) is 11.8. The Labute approximate surface area is 296 Å². The summed E-state index contributed by atoms with van der Waals surface area (Å²) < 4.78 is 7.26. The number of hydrogen-bond donors (Lipinski definition) is 0. The topological polar surface area (TPSA) is 48.5 Å². The smallest absolute Gasteiger partial charge is 0.238 e. The van der Waals surface area contributed by atoms with Crippen LogP contribution >= 0.6 is 11.3 Å².